The molecule has 0 aliphatic rings. The van der Waals surface area contributed by atoms with Gasteiger partial charge in [0.15, 0.2) is 0 Å². The second-order valence-corrected chi connectivity index (χ2v) is 8.73. The Morgan fingerprint density at radius 2 is 1.57 bits per heavy atom. The number of benzene rings is 4. The summed E-state index contributed by atoms with van der Waals surface area (Å²) in [6.45, 7) is 2.15. The maximum atomic E-state index is 13.8. The van der Waals surface area contributed by atoms with Crippen molar-refractivity contribution in [2.24, 2.45) is 0 Å². The Morgan fingerprint density at radius 1 is 0.857 bits per heavy atom. The highest BCUT2D eigenvalue weighted by Gasteiger charge is 2.19. The molecule has 0 aromatic heterocycles. The minimum atomic E-state index is -0.364. The summed E-state index contributed by atoms with van der Waals surface area (Å²) in [6, 6.07) is 27.6. The van der Waals surface area contributed by atoms with Crippen LogP contribution in [0.1, 0.15) is 27.0 Å². The summed E-state index contributed by atoms with van der Waals surface area (Å²) in [5, 5.41) is 3.43. The predicted octanol–water partition coefficient (Wildman–Crippen LogP) is 6.82. The van der Waals surface area contributed by atoms with Crippen LogP contribution >= 0.6 is 11.6 Å². The van der Waals surface area contributed by atoms with E-state index >= 15 is 0 Å². The number of carbonyl (C=O) groups is 2. The molecule has 0 saturated carbocycles. The minimum Gasteiger partial charge on any atom is -0.326 e. The molecule has 0 saturated heterocycles. The summed E-state index contributed by atoms with van der Waals surface area (Å²) in [5.74, 6) is -0.732. The highest BCUT2D eigenvalue weighted by Crippen LogP contribution is 2.23. The van der Waals surface area contributed by atoms with E-state index in [1.165, 1.54) is 12.1 Å². The molecular formula is C29H24ClFN2O2. The fraction of sp³-hybridized carbons (Fsp3) is 0.103. The van der Waals surface area contributed by atoms with Crippen molar-refractivity contribution in [1.29, 1.82) is 0 Å². The van der Waals surface area contributed by atoms with Crippen molar-refractivity contribution in [2.75, 3.05) is 10.2 Å². The van der Waals surface area contributed by atoms with Gasteiger partial charge in [-0.15, -0.1) is 0 Å². The maximum Gasteiger partial charge on any atom is 0.258 e. The van der Waals surface area contributed by atoms with Crippen molar-refractivity contribution >= 4 is 34.8 Å². The minimum absolute atomic E-state index is 0.128. The lowest BCUT2D eigenvalue weighted by Crippen LogP contribution is -2.30. The van der Waals surface area contributed by atoms with E-state index in [0.29, 0.717) is 21.8 Å². The average Bonchev–Trinajstić information content (AvgIpc) is 2.83. The van der Waals surface area contributed by atoms with Crippen LogP contribution in [0.2, 0.25) is 5.02 Å². The van der Waals surface area contributed by atoms with Crippen molar-refractivity contribution < 1.29 is 14.0 Å². The Bertz CT molecular complexity index is 1340. The normalized spacial score (nSPS) is 10.6. The molecule has 0 unspecified atom stereocenters. The molecule has 4 aromatic rings. The molecule has 0 radical (unpaired) electrons. The van der Waals surface area contributed by atoms with Gasteiger partial charge in [0, 0.05) is 22.0 Å². The first-order valence-corrected chi connectivity index (χ1v) is 11.5. The highest BCUT2D eigenvalue weighted by atomic mass is 35.5. The fourth-order valence-corrected chi connectivity index (χ4v) is 3.88. The number of anilines is 2. The first-order chi connectivity index (χ1) is 16.9. The third-order valence-electron chi connectivity index (χ3n) is 5.48. The molecule has 0 bridgehead atoms. The van der Waals surface area contributed by atoms with Crippen molar-refractivity contribution in [2.45, 2.75) is 19.9 Å². The van der Waals surface area contributed by atoms with Crippen LogP contribution in [0.5, 0.6) is 0 Å². The van der Waals surface area contributed by atoms with E-state index in [0.717, 1.165) is 16.8 Å². The van der Waals surface area contributed by atoms with E-state index in [4.69, 9.17) is 11.6 Å². The molecule has 2 amide bonds. The zero-order valence-electron chi connectivity index (χ0n) is 19.2. The predicted molar refractivity (Wildman–Crippen MR) is 138 cm³/mol. The van der Waals surface area contributed by atoms with Crippen molar-refractivity contribution in [3.63, 3.8) is 0 Å². The summed E-state index contributed by atoms with van der Waals surface area (Å²) >= 11 is 5.98. The topological polar surface area (TPSA) is 49.4 Å². The van der Waals surface area contributed by atoms with Gasteiger partial charge in [-0.2, -0.15) is 0 Å². The lowest BCUT2D eigenvalue weighted by Gasteiger charge is -2.23. The molecule has 0 heterocycles. The number of nitrogens with zero attached hydrogens (tertiary/aromatic N) is 1. The lowest BCUT2D eigenvalue weighted by molar-refractivity contribution is -0.115. The first-order valence-electron chi connectivity index (χ1n) is 11.1. The van der Waals surface area contributed by atoms with E-state index < -0.39 is 0 Å². The maximum absolute atomic E-state index is 13.8. The largest absolute Gasteiger partial charge is 0.326 e. The fourth-order valence-electron chi connectivity index (χ4n) is 3.75. The van der Waals surface area contributed by atoms with Gasteiger partial charge in [0.25, 0.3) is 5.91 Å². The number of nitrogens with one attached hydrogen (secondary N) is 1. The van der Waals surface area contributed by atoms with Gasteiger partial charge in [-0.3, -0.25) is 9.59 Å². The van der Waals surface area contributed by atoms with Crippen molar-refractivity contribution in [3.05, 3.63) is 130 Å². The zero-order chi connectivity index (χ0) is 24.8. The van der Waals surface area contributed by atoms with Gasteiger partial charge in [-0.25, -0.2) is 4.39 Å². The molecule has 0 spiro atoms. The first kappa shape index (κ1) is 24.2. The third kappa shape index (κ3) is 6.55. The van der Waals surface area contributed by atoms with Gasteiger partial charge in [-0.1, -0.05) is 48.0 Å². The van der Waals surface area contributed by atoms with Crippen LogP contribution in [-0.2, 0) is 17.8 Å². The van der Waals surface area contributed by atoms with Crippen LogP contribution in [0, 0.1) is 12.7 Å². The Morgan fingerprint density at radius 3 is 2.26 bits per heavy atom. The molecule has 6 heteroatoms. The van der Waals surface area contributed by atoms with E-state index in [9.17, 15) is 14.0 Å². The second kappa shape index (κ2) is 11.0. The van der Waals surface area contributed by atoms with Gasteiger partial charge in [0.1, 0.15) is 5.82 Å². The molecule has 176 valence electrons. The smallest absolute Gasteiger partial charge is 0.258 e. The van der Waals surface area contributed by atoms with E-state index in [1.807, 2.05) is 43.3 Å². The third-order valence-corrected chi connectivity index (χ3v) is 5.73. The summed E-state index contributed by atoms with van der Waals surface area (Å²) in [7, 11) is 0. The van der Waals surface area contributed by atoms with Crippen molar-refractivity contribution in [3.8, 4) is 0 Å². The standard InChI is InChI=1S/C29H24ClFN2O2/c1-20-4-2-7-26(16-20)32-28(34)18-21-8-14-27(15-9-21)33(19-22-5-3-6-25(31)17-22)29(35)23-10-12-24(30)13-11-23/h2-17H,18-19H2,1H3,(H,32,34). The number of halogens is 2. The monoisotopic (exact) mass is 486 g/mol. The number of carbonyl (C=O) groups excluding carboxylic acids is 2. The van der Waals surface area contributed by atoms with Gasteiger partial charge < -0.3 is 10.2 Å². The molecule has 0 fully saturated rings. The number of amides is 2. The summed E-state index contributed by atoms with van der Waals surface area (Å²) in [5.41, 5.74) is 4.39. The Hall–Kier alpha value is -3.96. The summed E-state index contributed by atoms with van der Waals surface area (Å²) < 4.78 is 13.8. The Balaban J connectivity index is 1.54. The summed E-state index contributed by atoms with van der Waals surface area (Å²) in [4.78, 5) is 27.4. The van der Waals surface area contributed by atoms with Crippen LogP contribution in [-0.4, -0.2) is 11.8 Å². The number of rotatable bonds is 7. The Labute approximate surface area is 209 Å². The molecule has 4 nitrogen and oxygen atoms in total. The lowest BCUT2D eigenvalue weighted by atomic mass is 10.1. The van der Waals surface area contributed by atoms with Crippen LogP contribution in [0.25, 0.3) is 0 Å². The van der Waals surface area contributed by atoms with Crippen molar-refractivity contribution in [1.82, 2.24) is 0 Å². The van der Waals surface area contributed by atoms with Gasteiger partial charge in [0.2, 0.25) is 5.91 Å². The highest BCUT2D eigenvalue weighted by molar-refractivity contribution is 6.30. The van der Waals surface area contributed by atoms with Crippen LogP contribution < -0.4 is 10.2 Å². The molecule has 1 N–H and O–H groups in total. The second-order valence-electron chi connectivity index (χ2n) is 8.29. The Kier molecular flexibility index (Phi) is 7.58. The molecule has 35 heavy (non-hydrogen) atoms. The molecule has 0 aliphatic carbocycles. The van der Waals surface area contributed by atoms with Crippen LogP contribution in [0.3, 0.4) is 0 Å². The molecule has 0 aliphatic heterocycles. The van der Waals surface area contributed by atoms with Gasteiger partial charge >= 0.3 is 0 Å². The van der Waals surface area contributed by atoms with E-state index in [-0.39, 0.29) is 30.6 Å². The quantitative estimate of drug-likeness (QED) is 0.312. The number of hydrogen-bond acceptors (Lipinski definition) is 2. The van der Waals surface area contributed by atoms with Crippen LogP contribution in [0.4, 0.5) is 15.8 Å². The van der Waals surface area contributed by atoms with E-state index in [2.05, 4.69) is 5.32 Å². The van der Waals surface area contributed by atoms with Gasteiger partial charge in [0.05, 0.1) is 13.0 Å². The van der Waals surface area contributed by atoms with Crippen LogP contribution in [0.15, 0.2) is 97.1 Å². The summed E-state index contributed by atoms with van der Waals surface area (Å²) in [6.07, 6.45) is 0.198. The molecule has 0 atom stereocenters. The SMILES string of the molecule is Cc1cccc(NC(=O)Cc2ccc(N(Cc3cccc(F)c3)C(=O)c3ccc(Cl)cc3)cc2)c1. The molecule has 4 rings (SSSR count). The molecular weight excluding hydrogens is 463 g/mol. The number of aryl methyl sites for hydroxylation is 1. The molecule has 4 aromatic carbocycles. The van der Waals surface area contributed by atoms with Gasteiger partial charge in [-0.05, 0) is 84.3 Å². The zero-order valence-corrected chi connectivity index (χ0v) is 19.9. The number of hydrogen-bond donors (Lipinski definition) is 1. The average molecular weight is 487 g/mol. The van der Waals surface area contributed by atoms with E-state index in [1.54, 1.807) is 53.4 Å².